The normalized spacial score (nSPS) is 18.0. The summed E-state index contributed by atoms with van der Waals surface area (Å²) in [7, 11) is -1.29. The molecule has 0 saturated carbocycles. The van der Waals surface area contributed by atoms with Crippen LogP contribution < -0.4 is 4.31 Å². The molecule has 0 aliphatic carbocycles. The van der Waals surface area contributed by atoms with Crippen molar-refractivity contribution in [2.24, 2.45) is 10.2 Å². The van der Waals surface area contributed by atoms with E-state index in [1.807, 2.05) is 46.8 Å². The number of piperidine rings is 1. The first-order chi connectivity index (χ1) is 16.5. The minimum absolute atomic E-state index is 0.0333. The van der Waals surface area contributed by atoms with Crippen LogP contribution in [0.3, 0.4) is 0 Å². The lowest BCUT2D eigenvalue weighted by Gasteiger charge is -2.31. The number of halogens is 2. The average Bonchev–Trinajstić information content (AvgIpc) is 2.84. The molecule has 1 saturated heterocycles. The van der Waals surface area contributed by atoms with E-state index in [4.69, 9.17) is 4.74 Å². The Bertz CT molecular complexity index is 960. The van der Waals surface area contributed by atoms with Crippen LogP contribution in [0, 0.1) is 0 Å². The van der Waals surface area contributed by atoms with Crippen LogP contribution in [0.25, 0.3) is 0 Å². The maximum Gasteiger partial charge on any atom is 0.272 e. The Morgan fingerprint density at radius 3 is 2.62 bits per heavy atom. The highest BCUT2D eigenvalue weighted by Gasteiger charge is 2.20. The van der Waals surface area contributed by atoms with Crippen molar-refractivity contribution in [2.45, 2.75) is 31.9 Å². The summed E-state index contributed by atoms with van der Waals surface area (Å²) in [5, 5.41) is 17.0. The van der Waals surface area contributed by atoms with Gasteiger partial charge in [0.1, 0.15) is 11.0 Å². The van der Waals surface area contributed by atoms with Crippen LogP contribution in [-0.4, -0.2) is 71.4 Å². The molecular weight excluding hydrogens is 462 g/mol. The standard InChI is InChI=1S/C24H30F2N4O3S/c1-27-28-24(33-18-23(25)26)20-11-9-19(10-12-20)16-30(21-6-3-2-4-7-21)34(32)15-14-29-13-5-8-22(31)17-29/h2-4,6-7,9-12,22-23,31H,1,5,8,13-18H2/b28-24-. The van der Waals surface area contributed by atoms with Crippen LogP contribution in [0.1, 0.15) is 24.0 Å². The van der Waals surface area contributed by atoms with Crippen molar-refractivity contribution >= 4 is 29.3 Å². The lowest BCUT2D eigenvalue weighted by atomic mass is 10.1. The van der Waals surface area contributed by atoms with E-state index in [0.717, 1.165) is 30.6 Å². The summed E-state index contributed by atoms with van der Waals surface area (Å²) in [6.45, 7) is 5.01. The number of anilines is 1. The van der Waals surface area contributed by atoms with Crippen molar-refractivity contribution < 1.29 is 22.8 Å². The van der Waals surface area contributed by atoms with Gasteiger partial charge in [-0.25, -0.2) is 13.0 Å². The number of alkyl halides is 2. The summed E-state index contributed by atoms with van der Waals surface area (Å²) < 4.78 is 45.2. The van der Waals surface area contributed by atoms with Gasteiger partial charge in [-0.1, -0.05) is 30.3 Å². The van der Waals surface area contributed by atoms with Gasteiger partial charge in [0.2, 0.25) is 5.90 Å². The van der Waals surface area contributed by atoms with E-state index < -0.39 is 24.0 Å². The summed E-state index contributed by atoms with van der Waals surface area (Å²) in [5.74, 6) is 0.414. The van der Waals surface area contributed by atoms with Crippen LogP contribution in [0.15, 0.2) is 64.8 Å². The molecule has 1 aliphatic rings. The van der Waals surface area contributed by atoms with E-state index in [9.17, 15) is 18.1 Å². The smallest absolute Gasteiger partial charge is 0.272 e. The number of nitrogens with zero attached hydrogens (tertiary/aromatic N) is 4. The monoisotopic (exact) mass is 492 g/mol. The van der Waals surface area contributed by atoms with Crippen LogP contribution in [0.4, 0.5) is 14.5 Å². The summed E-state index contributed by atoms with van der Waals surface area (Å²) in [6, 6.07) is 16.6. The summed E-state index contributed by atoms with van der Waals surface area (Å²) >= 11 is 0. The van der Waals surface area contributed by atoms with Crippen molar-refractivity contribution in [1.82, 2.24) is 4.90 Å². The van der Waals surface area contributed by atoms with Gasteiger partial charge in [-0.3, -0.25) is 9.21 Å². The number of likely N-dealkylation sites (tertiary alicyclic amines) is 1. The summed E-state index contributed by atoms with van der Waals surface area (Å²) in [6.07, 6.45) is -1.19. The number of aliphatic hydroxyl groups excluding tert-OH is 1. The number of hydrogen-bond donors (Lipinski definition) is 1. The van der Waals surface area contributed by atoms with Crippen molar-refractivity contribution in [3.8, 4) is 0 Å². The largest absolute Gasteiger partial charge is 0.470 e. The number of para-hydroxylation sites is 1. The van der Waals surface area contributed by atoms with Gasteiger partial charge in [-0.2, -0.15) is 5.10 Å². The van der Waals surface area contributed by atoms with Crippen LogP contribution >= 0.6 is 0 Å². The summed E-state index contributed by atoms with van der Waals surface area (Å²) in [4.78, 5) is 2.15. The van der Waals surface area contributed by atoms with E-state index in [0.29, 0.717) is 31.0 Å². The number of hydrogen-bond acceptors (Lipinski definition) is 6. The zero-order valence-corrected chi connectivity index (χ0v) is 19.7. The highest BCUT2D eigenvalue weighted by Crippen LogP contribution is 2.20. The molecule has 2 atom stereocenters. The predicted molar refractivity (Wildman–Crippen MR) is 132 cm³/mol. The first kappa shape index (κ1) is 25.9. The Hall–Kier alpha value is -2.69. The minimum atomic E-state index is -2.63. The Balaban J connectivity index is 1.70. The topological polar surface area (TPSA) is 77.7 Å². The second-order valence-corrected chi connectivity index (χ2v) is 9.43. The molecular formula is C24H30F2N4O3S. The Kier molecular flexibility index (Phi) is 10.1. The van der Waals surface area contributed by atoms with Gasteiger partial charge in [0.15, 0.2) is 6.61 Å². The molecule has 1 N–H and O–H groups in total. The van der Waals surface area contributed by atoms with Gasteiger partial charge in [0, 0.05) is 31.1 Å². The Morgan fingerprint density at radius 2 is 1.97 bits per heavy atom. The number of ether oxygens (including phenoxy) is 1. The lowest BCUT2D eigenvalue weighted by Crippen LogP contribution is -2.41. The molecule has 1 fully saturated rings. The molecule has 2 unspecified atom stereocenters. The molecule has 34 heavy (non-hydrogen) atoms. The molecule has 0 spiro atoms. The molecule has 0 bridgehead atoms. The molecule has 0 aromatic heterocycles. The third-order valence-corrected chi connectivity index (χ3v) is 6.75. The van der Waals surface area contributed by atoms with Crippen molar-refractivity contribution in [3.63, 3.8) is 0 Å². The number of benzene rings is 2. The first-order valence-electron chi connectivity index (χ1n) is 11.1. The van der Waals surface area contributed by atoms with Gasteiger partial charge in [0.05, 0.1) is 18.4 Å². The van der Waals surface area contributed by atoms with Gasteiger partial charge in [0.25, 0.3) is 6.43 Å². The second kappa shape index (κ2) is 13.3. The quantitative estimate of drug-likeness (QED) is 0.296. The molecule has 0 radical (unpaired) electrons. The number of rotatable bonds is 11. The van der Waals surface area contributed by atoms with E-state index in [2.05, 4.69) is 21.8 Å². The highest BCUT2D eigenvalue weighted by atomic mass is 32.2. The first-order valence-corrected chi connectivity index (χ1v) is 12.4. The molecule has 2 aromatic carbocycles. The molecule has 7 nitrogen and oxygen atoms in total. The van der Waals surface area contributed by atoms with Gasteiger partial charge in [-0.05, 0) is 49.2 Å². The van der Waals surface area contributed by atoms with Crippen molar-refractivity contribution in [3.05, 3.63) is 65.7 Å². The summed E-state index contributed by atoms with van der Waals surface area (Å²) in [5.41, 5.74) is 2.21. The number of β-amino-alcohol motifs (C(OH)–C–C–N with tert-alkyl or cyclic N) is 1. The maximum atomic E-state index is 13.3. The van der Waals surface area contributed by atoms with Gasteiger partial charge >= 0.3 is 0 Å². The van der Waals surface area contributed by atoms with E-state index in [1.165, 1.54) is 0 Å². The third-order valence-electron chi connectivity index (χ3n) is 5.39. The van der Waals surface area contributed by atoms with Gasteiger partial charge < -0.3 is 9.84 Å². The maximum absolute atomic E-state index is 13.3. The second-order valence-electron chi connectivity index (χ2n) is 7.94. The van der Waals surface area contributed by atoms with E-state index in [-0.39, 0.29) is 12.0 Å². The molecule has 2 aromatic rings. The fourth-order valence-electron chi connectivity index (χ4n) is 3.72. The average molecular weight is 493 g/mol. The Labute approximate surface area is 201 Å². The SMILES string of the molecule is C=N/N=C(\OCC(F)F)c1ccc(CN(c2ccccc2)S(=O)CCN2CCCC(O)C2)cc1. The molecule has 10 heteroatoms. The zero-order chi connectivity index (χ0) is 24.3. The predicted octanol–water partition coefficient (Wildman–Crippen LogP) is 3.46. The minimum Gasteiger partial charge on any atom is -0.470 e. The molecule has 0 amide bonds. The van der Waals surface area contributed by atoms with Gasteiger partial charge in [-0.15, -0.1) is 5.10 Å². The molecule has 3 rings (SSSR count). The number of aliphatic hydroxyl groups is 1. The molecule has 1 aliphatic heterocycles. The van der Waals surface area contributed by atoms with Crippen molar-refractivity contribution in [1.29, 1.82) is 0 Å². The van der Waals surface area contributed by atoms with Crippen LogP contribution in [0.5, 0.6) is 0 Å². The zero-order valence-electron chi connectivity index (χ0n) is 18.9. The Morgan fingerprint density at radius 1 is 1.24 bits per heavy atom. The van der Waals surface area contributed by atoms with E-state index >= 15 is 0 Å². The molecule has 1 heterocycles. The third kappa shape index (κ3) is 7.96. The van der Waals surface area contributed by atoms with E-state index in [1.54, 1.807) is 12.1 Å². The van der Waals surface area contributed by atoms with Crippen LogP contribution in [0.2, 0.25) is 0 Å². The van der Waals surface area contributed by atoms with Crippen LogP contribution in [-0.2, 0) is 22.3 Å². The highest BCUT2D eigenvalue weighted by molar-refractivity contribution is 7.86. The fourth-order valence-corrected chi connectivity index (χ4v) is 5.01. The molecule has 184 valence electrons. The fraction of sp³-hybridized carbons (Fsp3) is 0.417. The lowest BCUT2D eigenvalue weighted by molar-refractivity contribution is 0.0742. The van der Waals surface area contributed by atoms with Crippen molar-refractivity contribution in [2.75, 3.05) is 36.3 Å².